The highest BCUT2D eigenvalue weighted by Crippen LogP contribution is 2.43. The maximum atomic E-state index is 5.98. The molecule has 3 heteroatoms. The molecule has 19 heavy (non-hydrogen) atoms. The minimum atomic E-state index is 0.504. The van der Waals surface area contributed by atoms with Gasteiger partial charge in [-0.3, -0.25) is 0 Å². The van der Waals surface area contributed by atoms with Crippen LogP contribution in [0.5, 0.6) is 0 Å². The molecule has 3 nitrogen and oxygen atoms in total. The van der Waals surface area contributed by atoms with Gasteiger partial charge in [-0.05, 0) is 29.9 Å². The van der Waals surface area contributed by atoms with Crippen molar-refractivity contribution in [3.05, 3.63) is 35.6 Å². The maximum absolute atomic E-state index is 5.98. The predicted molar refractivity (Wildman–Crippen MR) is 77.0 cm³/mol. The molecule has 1 heterocycles. The lowest BCUT2D eigenvalue weighted by atomic mass is 9.81. The van der Waals surface area contributed by atoms with E-state index < -0.39 is 0 Å². The van der Waals surface area contributed by atoms with Gasteiger partial charge in [0.1, 0.15) is 5.76 Å². The lowest BCUT2D eigenvalue weighted by Gasteiger charge is -2.23. The Kier molecular flexibility index (Phi) is 3.05. The van der Waals surface area contributed by atoms with E-state index in [1.807, 2.05) is 0 Å². The van der Waals surface area contributed by atoms with Crippen LogP contribution in [0.1, 0.15) is 56.3 Å². The number of anilines is 1. The Morgan fingerprint density at radius 1 is 1.21 bits per heavy atom. The molecule has 0 atom stereocenters. The second kappa shape index (κ2) is 4.72. The summed E-state index contributed by atoms with van der Waals surface area (Å²) in [5.74, 6) is 2.53. The Labute approximate surface area is 113 Å². The molecule has 0 bridgehead atoms. The highest BCUT2D eigenvalue weighted by Gasteiger charge is 2.28. The van der Waals surface area contributed by atoms with Gasteiger partial charge in [0, 0.05) is 5.92 Å². The van der Waals surface area contributed by atoms with Crippen molar-refractivity contribution in [3.63, 3.8) is 0 Å². The normalized spacial score (nSPS) is 15.7. The third-order valence-corrected chi connectivity index (χ3v) is 4.09. The molecule has 0 radical (unpaired) electrons. The van der Waals surface area contributed by atoms with Crippen LogP contribution >= 0.6 is 0 Å². The number of aromatic nitrogens is 1. The van der Waals surface area contributed by atoms with Crippen molar-refractivity contribution in [2.75, 3.05) is 5.73 Å². The number of rotatable bonds is 3. The summed E-state index contributed by atoms with van der Waals surface area (Å²) >= 11 is 0. The Morgan fingerprint density at radius 2 is 1.89 bits per heavy atom. The van der Waals surface area contributed by atoms with E-state index in [2.05, 4.69) is 43.3 Å². The Bertz CT molecular complexity index is 565. The van der Waals surface area contributed by atoms with Crippen molar-refractivity contribution in [1.82, 2.24) is 5.16 Å². The van der Waals surface area contributed by atoms with Gasteiger partial charge < -0.3 is 10.3 Å². The third kappa shape index (κ3) is 2.14. The number of nitrogens with zero attached hydrogens (tertiary/aromatic N) is 1. The van der Waals surface area contributed by atoms with Gasteiger partial charge in [0.05, 0.1) is 5.56 Å². The number of nitrogens with two attached hydrogens (primary N) is 1. The first-order chi connectivity index (χ1) is 9.16. The van der Waals surface area contributed by atoms with Crippen molar-refractivity contribution in [2.24, 2.45) is 0 Å². The van der Waals surface area contributed by atoms with Gasteiger partial charge in [-0.2, -0.15) is 0 Å². The van der Waals surface area contributed by atoms with E-state index in [9.17, 15) is 0 Å². The average molecular weight is 256 g/mol. The number of benzene rings is 1. The lowest BCUT2D eigenvalue weighted by Crippen LogP contribution is -2.09. The molecule has 0 amide bonds. The van der Waals surface area contributed by atoms with Crippen LogP contribution in [0, 0.1) is 0 Å². The van der Waals surface area contributed by atoms with Crippen LogP contribution in [0.25, 0.3) is 11.1 Å². The molecule has 0 saturated heterocycles. The molecule has 100 valence electrons. The van der Waals surface area contributed by atoms with Crippen LogP contribution in [-0.4, -0.2) is 5.16 Å². The molecule has 1 aliphatic rings. The van der Waals surface area contributed by atoms with E-state index in [1.165, 1.54) is 24.8 Å². The quantitative estimate of drug-likeness (QED) is 0.890. The molecule has 2 N–H and O–H groups in total. The Balaban J connectivity index is 1.98. The van der Waals surface area contributed by atoms with E-state index in [1.54, 1.807) is 0 Å². The zero-order valence-corrected chi connectivity index (χ0v) is 11.5. The summed E-state index contributed by atoms with van der Waals surface area (Å²) in [4.78, 5) is 0. The molecule has 0 unspecified atom stereocenters. The van der Waals surface area contributed by atoms with Gasteiger partial charge in [0.2, 0.25) is 0 Å². The topological polar surface area (TPSA) is 52.0 Å². The maximum Gasteiger partial charge on any atom is 0.175 e. The predicted octanol–water partition coefficient (Wildman–Crippen LogP) is 4.31. The van der Waals surface area contributed by atoms with E-state index in [4.69, 9.17) is 10.3 Å². The van der Waals surface area contributed by atoms with Crippen LogP contribution in [0.3, 0.4) is 0 Å². The summed E-state index contributed by atoms with van der Waals surface area (Å²) in [5.41, 5.74) is 9.44. The molecule has 0 spiro atoms. The highest BCUT2D eigenvalue weighted by molar-refractivity contribution is 5.76. The Morgan fingerprint density at radius 3 is 2.42 bits per heavy atom. The van der Waals surface area contributed by atoms with Gasteiger partial charge in [0.15, 0.2) is 5.82 Å². The highest BCUT2D eigenvalue weighted by atomic mass is 16.5. The fourth-order valence-electron chi connectivity index (χ4n) is 2.59. The smallest absolute Gasteiger partial charge is 0.175 e. The van der Waals surface area contributed by atoms with Gasteiger partial charge in [0.25, 0.3) is 0 Å². The van der Waals surface area contributed by atoms with Crippen LogP contribution in [0.4, 0.5) is 5.82 Å². The summed E-state index contributed by atoms with van der Waals surface area (Å²) in [5, 5.41) is 3.96. The molecule has 0 aliphatic heterocycles. The monoisotopic (exact) mass is 256 g/mol. The zero-order chi connectivity index (χ0) is 13.4. The van der Waals surface area contributed by atoms with Crippen molar-refractivity contribution in [2.45, 2.75) is 44.9 Å². The molecule has 1 fully saturated rings. The lowest BCUT2D eigenvalue weighted by molar-refractivity contribution is 0.302. The van der Waals surface area contributed by atoms with E-state index in [0.29, 0.717) is 17.7 Å². The standard InChI is InChI=1S/C16H20N2O/c1-10(2)11-6-8-12(9-7-11)14-15(13-4-3-5-13)19-18-16(14)17/h6-10,13H,3-5H2,1-2H3,(H2,17,18). The largest absolute Gasteiger partial charge is 0.380 e. The number of hydrogen-bond donors (Lipinski definition) is 1. The zero-order valence-electron chi connectivity index (χ0n) is 11.5. The third-order valence-electron chi connectivity index (χ3n) is 4.09. The SMILES string of the molecule is CC(C)c1ccc(-c2c(N)noc2C2CCC2)cc1. The van der Waals surface area contributed by atoms with Gasteiger partial charge in [-0.15, -0.1) is 0 Å². The van der Waals surface area contributed by atoms with Crippen LogP contribution in [0.2, 0.25) is 0 Å². The fraction of sp³-hybridized carbons (Fsp3) is 0.438. The van der Waals surface area contributed by atoms with Gasteiger partial charge >= 0.3 is 0 Å². The summed E-state index contributed by atoms with van der Waals surface area (Å²) in [7, 11) is 0. The molecule has 1 aliphatic carbocycles. The van der Waals surface area contributed by atoms with E-state index in [0.717, 1.165) is 16.9 Å². The molecular weight excluding hydrogens is 236 g/mol. The van der Waals surface area contributed by atoms with Crippen LogP contribution < -0.4 is 5.73 Å². The second-order valence-corrected chi connectivity index (χ2v) is 5.71. The summed E-state index contributed by atoms with van der Waals surface area (Å²) in [6.45, 7) is 4.39. The Hall–Kier alpha value is -1.77. The van der Waals surface area contributed by atoms with Crippen LogP contribution in [-0.2, 0) is 0 Å². The van der Waals surface area contributed by atoms with Gasteiger partial charge in [-0.25, -0.2) is 0 Å². The van der Waals surface area contributed by atoms with Crippen molar-refractivity contribution in [1.29, 1.82) is 0 Å². The molecule has 2 aromatic rings. The first-order valence-corrected chi connectivity index (χ1v) is 7.02. The van der Waals surface area contributed by atoms with Crippen molar-refractivity contribution < 1.29 is 4.52 Å². The van der Waals surface area contributed by atoms with E-state index >= 15 is 0 Å². The molecule has 1 aromatic heterocycles. The van der Waals surface area contributed by atoms with Gasteiger partial charge in [-0.1, -0.05) is 49.7 Å². The molecule has 1 aromatic carbocycles. The van der Waals surface area contributed by atoms with Crippen molar-refractivity contribution in [3.8, 4) is 11.1 Å². The molecule has 3 rings (SSSR count). The first-order valence-electron chi connectivity index (χ1n) is 7.02. The average Bonchev–Trinajstić information content (AvgIpc) is 2.69. The van der Waals surface area contributed by atoms with Crippen molar-refractivity contribution >= 4 is 5.82 Å². The minimum absolute atomic E-state index is 0.504. The van der Waals surface area contributed by atoms with Crippen LogP contribution in [0.15, 0.2) is 28.8 Å². The fourth-order valence-corrected chi connectivity index (χ4v) is 2.59. The summed E-state index contributed by atoms with van der Waals surface area (Å²) in [6.07, 6.45) is 3.65. The molecular formula is C16H20N2O. The number of hydrogen-bond acceptors (Lipinski definition) is 3. The first kappa shape index (κ1) is 12.3. The second-order valence-electron chi connectivity index (χ2n) is 5.71. The summed E-state index contributed by atoms with van der Waals surface area (Å²) in [6, 6.07) is 8.58. The van der Waals surface area contributed by atoms with E-state index in [-0.39, 0.29) is 0 Å². The summed E-state index contributed by atoms with van der Waals surface area (Å²) < 4.78 is 5.46. The minimum Gasteiger partial charge on any atom is -0.380 e. The number of nitrogen functional groups attached to an aromatic ring is 1. The molecule has 1 saturated carbocycles.